The third kappa shape index (κ3) is 6.23. The Labute approximate surface area is 200 Å². The van der Waals surface area contributed by atoms with Crippen LogP contribution in [0.2, 0.25) is 0 Å². The third-order valence-corrected chi connectivity index (χ3v) is 5.79. The average molecular weight is 545 g/mol. The Balaban J connectivity index is 1.81. The van der Waals surface area contributed by atoms with Crippen molar-refractivity contribution in [3.05, 3.63) is 81.9 Å². The second-order valence-electron chi connectivity index (χ2n) is 7.48. The fourth-order valence-electron chi connectivity index (χ4n) is 3.52. The van der Waals surface area contributed by atoms with Crippen molar-refractivity contribution in [2.75, 3.05) is 5.32 Å². The molecule has 3 aromatic rings. The highest BCUT2D eigenvalue weighted by molar-refractivity contribution is 14.1. The molecule has 0 fully saturated rings. The summed E-state index contributed by atoms with van der Waals surface area (Å²) in [4.78, 5) is 23.5. The molecule has 0 unspecified atom stereocenters. The number of hydrogen-bond acceptors (Lipinski definition) is 4. The van der Waals surface area contributed by atoms with Gasteiger partial charge in [0.1, 0.15) is 11.9 Å². The molecule has 3 rings (SSSR count). The number of phenols is 1. The molecule has 0 aliphatic heterocycles. The molecule has 3 N–H and O–H groups in total. The van der Waals surface area contributed by atoms with Crippen LogP contribution in [-0.4, -0.2) is 22.3 Å². The van der Waals surface area contributed by atoms with Gasteiger partial charge in [-0.15, -0.1) is 0 Å². The lowest BCUT2D eigenvalue weighted by Crippen LogP contribution is -2.22. The molecule has 7 heteroatoms. The highest BCUT2D eigenvalue weighted by Crippen LogP contribution is 2.36. The molecule has 0 radical (unpaired) electrons. The first kappa shape index (κ1) is 23.6. The van der Waals surface area contributed by atoms with Crippen LogP contribution in [0.3, 0.4) is 0 Å². The molecule has 2 atom stereocenters. The number of nitrogens with one attached hydrogen (secondary N) is 1. The number of benzene rings is 3. The first-order chi connectivity index (χ1) is 15.3. The van der Waals surface area contributed by atoms with E-state index >= 15 is 0 Å². The number of aromatic hydroxyl groups is 1. The number of fused-ring (bicyclic) bond motifs is 1. The zero-order valence-corrected chi connectivity index (χ0v) is 19.7. The van der Waals surface area contributed by atoms with Crippen molar-refractivity contribution in [1.29, 1.82) is 0 Å². The standard InChI is InChI=1S/C25H24INO5/c1-16(7-2-5-12-23(29)30)24(20-15-18(26)13-14-22(20)28)32-25(31)27-21-11-6-9-17-8-3-4-10-19(17)21/h3-6,8-16,24,28H,2,7H2,1H3,(H,27,31)(H,29,30)/b12-5+/t16-,24-/m0/s1. The van der Waals surface area contributed by atoms with Gasteiger partial charge >= 0.3 is 12.1 Å². The lowest BCUT2D eigenvalue weighted by molar-refractivity contribution is -0.131. The summed E-state index contributed by atoms with van der Waals surface area (Å²) in [6.07, 6.45) is 2.40. The van der Waals surface area contributed by atoms with E-state index in [-0.39, 0.29) is 11.7 Å². The monoisotopic (exact) mass is 545 g/mol. The van der Waals surface area contributed by atoms with Crippen molar-refractivity contribution < 1.29 is 24.5 Å². The Bertz CT molecular complexity index is 1140. The minimum absolute atomic E-state index is 0.0429. The van der Waals surface area contributed by atoms with Crippen molar-refractivity contribution in [1.82, 2.24) is 0 Å². The highest BCUT2D eigenvalue weighted by atomic mass is 127. The van der Waals surface area contributed by atoms with E-state index in [1.165, 1.54) is 0 Å². The van der Waals surface area contributed by atoms with E-state index in [9.17, 15) is 14.7 Å². The smallest absolute Gasteiger partial charge is 0.412 e. The van der Waals surface area contributed by atoms with Gasteiger partial charge in [0.15, 0.2) is 0 Å². The van der Waals surface area contributed by atoms with Crippen LogP contribution in [-0.2, 0) is 9.53 Å². The number of anilines is 1. The molecule has 166 valence electrons. The number of phenolic OH excluding ortho intramolecular Hbond substituents is 1. The van der Waals surface area contributed by atoms with Crippen molar-refractivity contribution in [3.8, 4) is 5.75 Å². The summed E-state index contributed by atoms with van der Waals surface area (Å²) in [5.74, 6) is -1.13. The molecule has 6 nitrogen and oxygen atoms in total. The number of halogens is 1. The lowest BCUT2D eigenvalue weighted by atomic mass is 9.92. The predicted molar refractivity (Wildman–Crippen MR) is 133 cm³/mol. The second kappa shape index (κ2) is 11.0. The van der Waals surface area contributed by atoms with Crippen molar-refractivity contribution in [3.63, 3.8) is 0 Å². The zero-order valence-electron chi connectivity index (χ0n) is 17.5. The number of amides is 1. The van der Waals surface area contributed by atoms with Gasteiger partial charge in [0.05, 0.1) is 5.69 Å². The van der Waals surface area contributed by atoms with Gasteiger partial charge in [-0.1, -0.05) is 49.4 Å². The Morgan fingerprint density at radius 2 is 1.88 bits per heavy atom. The molecule has 32 heavy (non-hydrogen) atoms. The van der Waals surface area contributed by atoms with Crippen LogP contribution >= 0.6 is 22.6 Å². The molecule has 0 aromatic heterocycles. The molecule has 3 aromatic carbocycles. The number of allylic oxidation sites excluding steroid dienone is 1. The van der Waals surface area contributed by atoms with Gasteiger partial charge in [0.25, 0.3) is 0 Å². The van der Waals surface area contributed by atoms with Crippen LogP contribution in [0.1, 0.15) is 31.4 Å². The Morgan fingerprint density at radius 3 is 2.66 bits per heavy atom. The molecule has 0 saturated carbocycles. The predicted octanol–water partition coefficient (Wildman–Crippen LogP) is 6.50. The lowest BCUT2D eigenvalue weighted by Gasteiger charge is -2.25. The number of carbonyl (C=O) groups is 2. The van der Waals surface area contributed by atoms with Gasteiger partial charge in [0, 0.05) is 20.6 Å². The average Bonchev–Trinajstić information content (AvgIpc) is 2.77. The van der Waals surface area contributed by atoms with E-state index in [2.05, 4.69) is 27.9 Å². The van der Waals surface area contributed by atoms with Crippen LogP contribution in [0, 0.1) is 9.49 Å². The van der Waals surface area contributed by atoms with Crippen molar-refractivity contribution in [2.45, 2.75) is 25.9 Å². The van der Waals surface area contributed by atoms with E-state index < -0.39 is 18.2 Å². The van der Waals surface area contributed by atoms with E-state index in [0.717, 1.165) is 20.4 Å². The topological polar surface area (TPSA) is 95.9 Å². The van der Waals surface area contributed by atoms with Gasteiger partial charge in [-0.05, 0) is 71.0 Å². The summed E-state index contributed by atoms with van der Waals surface area (Å²) >= 11 is 2.14. The first-order valence-electron chi connectivity index (χ1n) is 10.2. The molecular formula is C25H24INO5. The molecule has 0 saturated heterocycles. The summed E-state index contributed by atoms with van der Waals surface area (Å²) in [5, 5.41) is 23.9. The third-order valence-electron chi connectivity index (χ3n) is 5.12. The van der Waals surface area contributed by atoms with E-state index in [1.807, 2.05) is 49.4 Å². The van der Waals surface area contributed by atoms with E-state index in [1.54, 1.807) is 24.3 Å². The summed E-state index contributed by atoms with van der Waals surface area (Å²) in [6.45, 7) is 1.91. The summed E-state index contributed by atoms with van der Waals surface area (Å²) in [6, 6.07) is 18.5. The van der Waals surface area contributed by atoms with Crippen LogP contribution in [0.4, 0.5) is 10.5 Å². The van der Waals surface area contributed by atoms with Gasteiger partial charge in [-0.3, -0.25) is 5.32 Å². The minimum atomic E-state index is -1.00. The maximum Gasteiger partial charge on any atom is 0.412 e. The zero-order chi connectivity index (χ0) is 23.1. The number of ether oxygens (including phenoxy) is 1. The number of carboxylic acids is 1. The quantitative estimate of drug-likeness (QED) is 0.222. The van der Waals surface area contributed by atoms with Crippen molar-refractivity contribution >= 4 is 51.1 Å². The maximum absolute atomic E-state index is 12.9. The van der Waals surface area contributed by atoms with Crippen LogP contribution in [0.15, 0.2) is 72.8 Å². The number of rotatable bonds is 8. The molecule has 1 amide bonds. The van der Waals surface area contributed by atoms with Gasteiger partial charge in [-0.25, -0.2) is 9.59 Å². The van der Waals surface area contributed by atoms with Gasteiger partial charge in [0.2, 0.25) is 0 Å². The number of carbonyl (C=O) groups excluding carboxylic acids is 1. The molecular weight excluding hydrogens is 521 g/mol. The fraction of sp³-hybridized carbons (Fsp3) is 0.200. The fourth-order valence-corrected chi connectivity index (χ4v) is 4.04. The van der Waals surface area contributed by atoms with Crippen molar-refractivity contribution in [2.24, 2.45) is 5.92 Å². The normalized spacial score (nSPS) is 13.1. The largest absolute Gasteiger partial charge is 0.508 e. The Kier molecular flexibility index (Phi) is 8.10. The maximum atomic E-state index is 12.9. The van der Waals surface area contributed by atoms with Gasteiger partial charge in [-0.2, -0.15) is 0 Å². The highest BCUT2D eigenvalue weighted by Gasteiger charge is 2.26. The number of carboxylic acid groups (broad SMARTS) is 1. The number of hydrogen-bond donors (Lipinski definition) is 3. The molecule has 0 spiro atoms. The number of aliphatic carboxylic acids is 1. The minimum Gasteiger partial charge on any atom is -0.508 e. The van der Waals surface area contributed by atoms with Crippen LogP contribution in [0.25, 0.3) is 10.8 Å². The molecule has 0 heterocycles. The summed E-state index contributed by atoms with van der Waals surface area (Å²) < 4.78 is 6.71. The SMILES string of the molecule is C[C@@H](CC/C=C/C(=O)O)[C@H](OC(=O)Nc1cccc2ccccc12)c1cc(I)ccc1O. The van der Waals surface area contributed by atoms with Crippen LogP contribution in [0.5, 0.6) is 5.75 Å². The van der Waals surface area contributed by atoms with Gasteiger partial charge < -0.3 is 14.9 Å². The molecule has 0 aliphatic rings. The molecule has 0 aliphatic carbocycles. The summed E-state index contributed by atoms with van der Waals surface area (Å²) in [5.41, 5.74) is 1.15. The Morgan fingerprint density at radius 1 is 1.12 bits per heavy atom. The Hall–Kier alpha value is -3.07. The van der Waals surface area contributed by atoms with Crippen LogP contribution < -0.4 is 5.32 Å². The molecule has 0 bridgehead atoms. The first-order valence-corrected chi connectivity index (χ1v) is 11.3. The summed E-state index contributed by atoms with van der Waals surface area (Å²) in [7, 11) is 0. The second-order valence-corrected chi connectivity index (χ2v) is 8.72. The van der Waals surface area contributed by atoms with E-state index in [0.29, 0.717) is 24.1 Å². The van der Waals surface area contributed by atoms with E-state index in [4.69, 9.17) is 9.84 Å².